The highest BCUT2D eigenvalue weighted by Crippen LogP contribution is 2.30. The molecule has 0 heterocycles. The van der Waals surface area contributed by atoms with Gasteiger partial charge in [-0.3, -0.25) is 10.1 Å². The van der Waals surface area contributed by atoms with Gasteiger partial charge in [-0.2, -0.15) is 0 Å². The number of esters is 2. The van der Waals surface area contributed by atoms with Crippen molar-refractivity contribution in [3.05, 3.63) is 58.4 Å². The number of benzene rings is 2. The molecule has 30 heavy (non-hydrogen) atoms. The average molecular weight is 422 g/mol. The predicted octanol–water partition coefficient (Wildman–Crippen LogP) is 2.32. The second kappa shape index (κ2) is 10.6. The Morgan fingerprint density at radius 2 is 1.73 bits per heavy atom. The van der Waals surface area contributed by atoms with E-state index in [-0.39, 0.29) is 36.1 Å². The highest BCUT2D eigenvalue weighted by molar-refractivity contribution is 6.02. The number of non-ortho nitro benzene ring substituents is 1. The summed E-state index contributed by atoms with van der Waals surface area (Å²) in [5, 5.41) is 13.7. The third-order valence-corrected chi connectivity index (χ3v) is 3.76. The number of nitrogens with zero attached hydrogens (tertiary/aromatic N) is 1. The molecule has 0 amide bonds. The Bertz CT molecular complexity index is 905. The third kappa shape index (κ3) is 6.06. The van der Waals surface area contributed by atoms with Crippen LogP contribution in [0.15, 0.2) is 42.5 Å². The van der Waals surface area contributed by atoms with E-state index in [1.807, 2.05) is 0 Å². The van der Waals surface area contributed by atoms with Gasteiger partial charge in [0.25, 0.3) is 5.69 Å². The Balaban J connectivity index is 2.14. The van der Waals surface area contributed by atoms with Crippen LogP contribution >= 0.6 is 0 Å². The number of halogens is 1. The number of carbonyl (C=O) groups excluding carboxylic acids is 2. The summed E-state index contributed by atoms with van der Waals surface area (Å²) >= 11 is 0. The molecule has 2 rings (SSSR count). The molecule has 0 atom stereocenters. The lowest BCUT2D eigenvalue weighted by molar-refractivity contribution is -0.384. The summed E-state index contributed by atoms with van der Waals surface area (Å²) in [4.78, 5) is 34.2. The van der Waals surface area contributed by atoms with Crippen LogP contribution in [-0.4, -0.2) is 50.3 Å². The number of carbonyl (C=O) groups is 2. The van der Waals surface area contributed by atoms with Crippen molar-refractivity contribution in [1.82, 2.24) is 0 Å². The molecule has 0 aromatic heterocycles. The number of hydrogen-bond donors (Lipinski definition) is 1. The van der Waals surface area contributed by atoms with E-state index in [1.165, 1.54) is 30.3 Å². The topological polar surface area (TPSA) is 126 Å². The fraction of sp³-hybridized carbons (Fsp3) is 0.263. The fourth-order valence-corrected chi connectivity index (χ4v) is 2.34. The van der Waals surface area contributed by atoms with Crippen LogP contribution < -0.4 is 14.8 Å². The van der Waals surface area contributed by atoms with Gasteiger partial charge in [-0.1, -0.05) is 6.07 Å². The molecule has 0 bridgehead atoms. The van der Waals surface area contributed by atoms with Crippen LogP contribution in [-0.2, 0) is 19.1 Å². The number of rotatable bonds is 10. The lowest BCUT2D eigenvalue weighted by Gasteiger charge is -2.18. The number of nitrogens with one attached hydrogen (secondary N) is 1. The van der Waals surface area contributed by atoms with Gasteiger partial charge in [0.2, 0.25) is 6.04 Å². The zero-order chi connectivity index (χ0) is 22.1. The van der Waals surface area contributed by atoms with Gasteiger partial charge in [0, 0.05) is 12.1 Å². The molecule has 2 aromatic carbocycles. The van der Waals surface area contributed by atoms with Crippen LogP contribution in [0.4, 0.5) is 15.8 Å². The summed E-state index contributed by atoms with van der Waals surface area (Å²) in [5.74, 6) is -2.02. The van der Waals surface area contributed by atoms with Crippen LogP contribution in [0.2, 0.25) is 0 Å². The number of nitro benzene ring substituents is 1. The molecule has 2 aromatic rings. The number of anilines is 1. The summed E-state index contributed by atoms with van der Waals surface area (Å²) in [5.41, 5.74) is -0.151. The highest BCUT2D eigenvalue weighted by atomic mass is 19.1. The second-order valence-electron chi connectivity index (χ2n) is 5.72. The lowest BCUT2D eigenvalue weighted by atomic mass is 10.2. The standard InChI is InChI=1S/C19H19FN2O8/c1-27-18(23)17(19(24)28-2)21-15-7-6-13(22(25)26)11-16(15)30-9-8-29-14-5-3-4-12(20)10-14/h3-7,10-11,17,21H,8-9H2,1-2H3. The predicted molar refractivity (Wildman–Crippen MR) is 102 cm³/mol. The first-order valence-corrected chi connectivity index (χ1v) is 8.57. The molecule has 0 aliphatic rings. The molecule has 0 radical (unpaired) electrons. The fourth-order valence-electron chi connectivity index (χ4n) is 2.34. The van der Waals surface area contributed by atoms with Gasteiger partial charge in [-0.05, 0) is 18.2 Å². The van der Waals surface area contributed by atoms with Crippen molar-refractivity contribution in [2.24, 2.45) is 0 Å². The van der Waals surface area contributed by atoms with Crippen molar-refractivity contribution < 1.29 is 37.9 Å². The minimum Gasteiger partial charge on any atom is -0.490 e. The van der Waals surface area contributed by atoms with E-state index >= 15 is 0 Å². The summed E-state index contributed by atoms with van der Waals surface area (Å²) in [6.07, 6.45) is 0. The molecular formula is C19H19FN2O8. The van der Waals surface area contributed by atoms with Gasteiger partial charge >= 0.3 is 11.9 Å². The van der Waals surface area contributed by atoms with Crippen LogP contribution in [0.3, 0.4) is 0 Å². The van der Waals surface area contributed by atoms with Crippen molar-refractivity contribution in [3.63, 3.8) is 0 Å². The van der Waals surface area contributed by atoms with Crippen LogP contribution in [0.25, 0.3) is 0 Å². The maximum atomic E-state index is 13.2. The largest absolute Gasteiger partial charge is 0.490 e. The van der Waals surface area contributed by atoms with Gasteiger partial charge in [0.05, 0.1) is 30.9 Å². The molecule has 0 unspecified atom stereocenters. The normalized spacial score (nSPS) is 10.3. The number of hydrogen-bond acceptors (Lipinski definition) is 9. The Morgan fingerprint density at radius 1 is 1.07 bits per heavy atom. The molecule has 1 N–H and O–H groups in total. The lowest BCUT2D eigenvalue weighted by Crippen LogP contribution is -2.39. The molecule has 160 valence electrons. The van der Waals surface area contributed by atoms with E-state index in [2.05, 4.69) is 14.8 Å². The van der Waals surface area contributed by atoms with E-state index in [9.17, 15) is 24.1 Å². The zero-order valence-corrected chi connectivity index (χ0v) is 16.1. The van der Waals surface area contributed by atoms with Crippen LogP contribution in [0.5, 0.6) is 11.5 Å². The number of methoxy groups -OCH3 is 2. The van der Waals surface area contributed by atoms with Gasteiger partial charge in [0.15, 0.2) is 0 Å². The summed E-state index contributed by atoms with van der Waals surface area (Å²) < 4.78 is 33.2. The van der Waals surface area contributed by atoms with Gasteiger partial charge in [0.1, 0.15) is 30.5 Å². The van der Waals surface area contributed by atoms with E-state index in [0.29, 0.717) is 0 Å². The van der Waals surface area contributed by atoms with Crippen molar-refractivity contribution in [2.45, 2.75) is 6.04 Å². The summed E-state index contributed by atoms with van der Waals surface area (Å²) in [6, 6.07) is 7.56. The van der Waals surface area contributed by atoms with Crippen molar-refractivity contribution in [1.29, 1.82) is 0 Å². The Labute approximate surface area is 170 Å². The minimum atomic E-state index is -1.51. The summed E-state index contributed by atoms with van der Waals surface area (Å²) in [7, 11) is 2.19. The van der Waals surface area contributed by atoms with E-state index in [1.54, 1.807) is 6.07 Å². The smallest absolute Gasteiger partial charge is 0.340 e. The first-order valence-electron chi connectivity index (χ1n) is 8.57. The highest BCUT2D eigenvalue weighted by Gasteiger charge is 2.30. The SMILES string of the molecule is COC(=O)C(Nc1ccc([N+](=O)[O-])cc1OCCOc1cccc(F)c1)C(=O)OC. The van der Waals surface area contributed by atoms with Crippen molar-refractivity contribution >= 4 is 23.3 Å². The maximum Gasteiger partial charge on any atom is 0.340 e. The Morgan fingerprint density at radius 3 is 2.33 bits per heavy atom. The van der Waals surface area contributed by atoms with Crippen molar-refractivity contribution in [3.8, 4) is 11.5 Å². The third-order valence-electron chi connectivity index (χ3n) is 3.76. The first-order chi connectivity index (χ1) is 14.3. The summed E-state index contributed by atoms with van der Waals surface area (Å²) in [6.45, 7) is -0.0590. The molecule has 10 nitrogen and oxygen atoms in total. The molecule has 11 heteroatoms. The second-order valence-corrected chi connectivity index (χ2v) is 5.72. The molecule has 0 fully saturated rings. The Hall–Kier alpha value is -3.89. The van der Waals surface area contributed by atoms with Gasteiger partial charge in [-0.15, -0.1) is 0 Å². The van der Waals surface area contributed by atoms with Crippen LogP contribution in [0.1, 0.15) is 0 Å². The van der Waals surface area contributed by atoms with Gasteiger partial charge in [-0.25, -0.2) is 14.0 Å². The quantitative estimate of drug-likeness (QED) is 0.202. The number of nitro groups is 1. The maximum absolute atomic E-state index is 13.2. The van der Waals surface area contributed by atoms with E-state index in [4.69, 9.17) is 9.47 Å². The molecule has 0 aliphatic carbocycles. The Kier molecular flexibility index (Phi) is 7.91. The average Bonchev–Trinajstić information content (AvgIpc) is 2.74. The van der Waals surface area contributed by atoms with E-state index in [0.717, 1.165) is 20.3 Å². The van der Waals surface area contributed by atoms with E-state index < -0.39 is 28.7 Å². The molecule has 0 aliphatic heterocycles. The van der Waals surface area contributed by atoms with Gasteiger partial charge < -0.3 is 24.3 Å². The monoisotopic (exact) mass is 422 g/mol. The molecular weight excluding hydrogens is 403 g/mol. The van der Waals surface area contributed by atoms with Crippen LogP contribution in [0, 0.1) is 15.9 Å². The molecule has 0 saturated heterocycles. The first kappa shape index (κ1) is 22.4. The molecule has 0 saturated carbocycles. The van der Waals surface area contributed by atoms with Crippen molar-refractivity contribution in [2.75, 3.05) is 32.8 Å². The number of ether oxygens (including phenoxy) is 4. The molecule has 0 spiro atoms. The zero-order valence-electron chi connectivity index (χ0n) is 16.1. The minimum absolute atomic E-state index is 0.00299.